The van der Waals surface area contributed by atoms with E-state index in [2.05, 4.69) is 10.3 Å². The lowest BCUT2D eigenvalue weighted by molar-refractivity contribution is 0.0667. The first-order chi connectivity index (χ1) is 16.6. The summed E-state index contributed by atoms with van der Waals surface area (Å²) in [4.78, 5) is 19.0. The van der Waals surface area contributed by atoms with E-state index >= 15 is 0 Å². The Labute approximate surface area is 197 Å². The molecule has 1 spiro atoms. The Morgan fingerprint density at radius 1 is 0.882 bits per heavy atom. The summed E-state index contributed by atoms with van der Waals surface area (Å²) in [6.45, 7) is 1.82. The minimum absolute atomic E-state index is 0.00952. The van der Waals surface area contributed by atoms with Crippen molar-refractivity contribution in [2.45, 2.75) is 12.1 Å². The molecule has 6 N–H and O–H groups in total. The molecular formula is C27H25N5O2. The number of aromatic nitrogens is 1. The van der Waals surface area contributed by atoms with Crippen LogP contribution in [0.5, 0.6) is 11.5 Å². The number of ether oxygens (including phenoxy) is 1. The third-order valence-electron chi connectivity index (χ3n) is 6.70. The first-order valence-electron chi connectivity index (χ1n) is 11.3. The third-order valence-corrected chi connectivity index (χ3v) is 6.70. The monoisotopic (exact) mass is 451 g/mol. The Hall–Kier alpha value is -4.23. The second-order valence-electron chi connectivity index (χ2n) is 8.70. The van der Waals surface area contributed by atoms with Crippen molar-refractivity contribution in [2.24, 2.45) is 0 Å². The second-order valence-corrected chi connectivity index (χ2v) is 8.70. The fourth-order valence-corrected chi connectivity index (χ4v) is 5.28. The molecule has 0 fully saturated rings. The molecule has 0 saturated carbocycles. The van der Waals surface area contributed by atoms with Crippen LogP contribution in [0.4, 0.5) is 11.4 Å². The quantitative estimate of drug-likeness (QED) is 0.272. The second kappa shape index (κ2) is 7.67. The Morgan fingerprint density at radius 2 is 1.59 bits per heavy atom. The molecule has 0 radical (unpaired) electrons. The number of nitrogens with two attached hydrogens (primary N) is 2. The average molecular weight is 452 g/mol. The summed E-state index contributed by atoms with van der Waals surface area (Å²) in [5.41, 5.74) is 17.1. The summed E-state index contributed by atoms with van der Waals surface area (Å²) in [5.74, 6) is 1.25. The Bertz CT molecular complexity index is 1340. The topological polar surface area (TPSA) is 109 Å². The molecule has 7 heteroatoms. The van der Waals surface area contributed by atoms with Crippen LogP contribution in [0.2, 0.25) is 0 Å². The van der Waals surface area contributed by atoms with Crippen LogP contribution in [0, 0.1) is 0 Å². The van der Waals surface area contributed by atoms with E-state index in [-0.39, 0.29) is 5.91 Å². The number of H-pyrrole nitrogens is 1. The number of anilines is 2. The fourth-order valence-electron chi connectivity index (χ4n) is 5.28. The molecule has 2 aliphatic rings. The molecule has 34 heavy (non-hydrogen) atoms. The highest BCUT2D eigenvalue weighted by atomic mass is 16.5. The van der Waals surface area contributed by atoms with Crippen LogP contribution in [0.1, 0.15) is 32.7 Å². The average Bonchev–Trinajstić information content (AvgIpc) is 3.43. The molecule has 170 valence electrons. The van der Waals surface area contributed by atoms with Gasteiger partial charge in [-0.25, -0.2) is 0 Å². The summed E-state index contributed by atoms with van der Waals surface area (Å²) in [7, 11) is 0. The molecule has 0 saturated heterocycles. The zero-order chi connectivity index (χ0) is 23.3. The number of hydrogen-bond acceptors (Lipinski definition) is 5. The smallest absolute Gasteiger partial charge is 0.255 e. The number of fused-ring (bicyclic) bond motifs is 6. The summed E-state index contributed by atoms with van der Waals surface area (Å²) in [6.07, 6.45) is 1.90. The highest BCUT2D eigenvalue weighted by molar-refractivity contribution is 6.02. The number of benzene rings is 3. The Morgan fingerprint density at radius 3 is 2.26 bits per heavy atom. The van der Waals surface area contributed by atoms with Crippen LogP contribution in [-0.2, 0) is 12.1 Å². The van der Waals surface area contributed by atoms with Crippen LogP contribution in [-0.4, -0.2) is 28.9 Å². The largest absolute Gasteiger partial charge is 0.456 e. The van der Waals surface area contributed by atoms with E-state index in [0.29, 0.717) is 48.1 Å². The van der Waals surface area contributed by atoms with E-state index < -0.39 is 5.54 Å². The lowest BCUT2D eigenvalue weighted by Gasteiger charge is -2.44. The Kier molecular flexibility index (Phi) is 4.60. The fraction of sp³-hybridized carbons (Fsp3) is 0.148. The van der Waals surface area contributed by atoms with Crippen molar-refractivity contribution >= 4 is 17.3 Å². The molecule has 4 aromatic rings. The van der Waals surface area contributed by atoms with Gasteiger partial charge in [-0.2, -0.15) is 0 Å². The number of carbonyl (C=O) groups excluding carboxylic acids is 1. The van der Waals surface area contributed by atoms with Gasteiger partial charge in [-0.3, -0.25) is 4.79 Å². The minimum atomic E-state index is -0.841. The predicted octanol–water partition coefficient (Wildman–Crippen LogP) is 3.82. The number of carbonyl (C=O) groups is 1. The van der Waals surface area contributed by atoms with E-state index in [1.807, 2.05) is 83.9 Å². The van der Waals surface area contributed by atoms with Gasteiger partial charge in [0.05, 0.1) is 0 Å². The molecule has 0 bridgehead atoms. The number of amides is 1. The van der Waals surface area contributed by atoms with Crippen molar-refractivity contribution in [3.63, 3.8) is 0 Å². The van der Waals surface area contributed by atoms with Gasteiger partial charge in [-0.1, -0.05) is 30.3 Å². The summed E-state index contributed by atoms with van der Waals surface area (Å²) < 4.78 is 6.28. The molecule has 0 atom stereocenters. The van der Waals surface area contributed by atoms with Gasteiger partial charge in [-0.05, 0) is 35.9 Å². The summed E-state index contributed by atoms with van der Waals surface area (Å²) >= 11 is 0. The maximum atomic E-state index is 13.8. The molecule has 0 unspecified atom stereocenters. The van der Waals surface area contributed by atoms with E-state index in [0.717, 1.165) is 22.4 Å². The predicted molar refractivity (Wildman–Crippen MR) is 132 cm³/mol. The van der Waals surface area contributed by atoms with Crippen LogP contribution in [0.15, 0.2) is 79.0 Å². The van der Waals surface area contributed by atoms with E-state index in [4.69, 9.17) is 16.2 Å². The number of hydrogen-bond donors (Lipinski definition) is 4. The highest BCUT2D eigenvalue weighted by Gasteiger charge is 2.55. The van der Waals surface area contributed by atoms with Gasteiger partial charge in [0.1, 0.15) is 17.0 Å². The van der Waals surface area contributed by atoms with Crippen molar-refractivity contribution in [2.75, 3.05) is 24.6 Å². The molecule has 1 aromatic heterocycles. The van der Waals surface area contributed by atoms with Crippen molar-refractivity contribution in [3.05, 3.63) is 107 Å². The molecule has 2 aliphatic heterocycles. The number of rotatable bonds is 5. The zero-order valence-corrected chi connectivity index (χ0v) is 18.5. The van der Waals surface area contributed by atoms with Crippen molar-refractivity contribution in [3.8, 4) is 11.5 Å². The highest BCUT2D eigenvalue weighted by Crippen LogP contribution is 2.57. The molecule has 1 amide bonds. The van der Waals surface area contributed by atoms with Crippen molar-refractivity contribution < 1.29 is 9.53 Å². The molecule has 0 aliphatic carbocycles. The maximum Gasteiger partial charge on any atom is 0.255 e. The number of nitrogens with zero attached hydrogens (tertiary/aromatic N) is 1. The lowest BCUT2D eigenvalue weighted by Crippen LogP contribution is -2.49. The number of nitrogens with one attached hydrogen (secondary N) is 2. The van der Waals surface area contributed by atoms with Gasteiger partial charge < -0.3 is 31.4 Å². The van der Waals surface area contributed by atoms with Crippen LogP contribution < -0.4 is 21.5 Å². The number of nitrogen functional groups attached to an aromatic ring is 2. The Balaban J connectivity index is 1.51. The number of aromatic amines is 1. The van der Waals surface area contributed by atoms with Gasteiger partial charge in [0.25, 0.3) is 5.91 Å². The van der Waals surface area contributed by atoms with Crippen LogP contribution >= 0.6 is 0 Å². The minimum Gasteiger partial charge on any atom is -0.456 e. The van der Waals surface area contributed by atoms with Crippen LogP contribution in [0.3, 0.4) is 0 Å². The SMILES string of the molecule is Nc1ccc2c(c1)Oc1cc(N)ccc1C21c2ccccc2C(=O)N1CCNCc1ccc[nH]1. The van der Waals surface area contributed by atoms with Gasteiger partial charge >= 0.3 is 0 Å². The van der Waals surface area contributed by atoms with Crippen molar-refractivity contribution in [1.29, 1.82) is 0 Å². The van der Waals surface area contributed by atoms with Crippen molar-refractivity contribution in [1.82, 2.24) is 15.2 Å². The van der Waals surface area contributed by atoms with Gasteiger partial charge in [-0.15, -0.1) is 0 Å². The van der Waals surface area contributed by atoms with Gasteiger partial charge in [0, 0.05) is 71.7 Å². The maximum absolute atomic E-state index is 13.8. The first kappa shape index (κ1) is 20.4. The first-order valence-corrected chi connectivity index (χ1v) is 11.3. The summed E-state index contributed by atoms with van der Waals surface area (Å²) in [5, 5.41) is 3.45. The molecule has 7 nitrogen and oxygen atoms in total. The molecular weight excluding hydrogens is 426 g/mol. The van der Waals surface area contributed by atoms with E-state index in [1.165, 1.54) is 0 Å². The van der Waals surface area contributed by atoms with Gasteiger partial charge in [0.15, 0.2) is 0 Å². The van der Waals surface area contributed by atoms with Gasteiger partial charge in [0.2, 0.25) is 0 Å². The van der Waals surface area contributed by atoms with Crippen LogP contribution in [0.25, 0.3) is 0 Å². The molecule has 6 rings (SSSR count). The normalized spacial score (nSPS) is 15.1. The lowest BCUT2D eigenvalue weighted by atomic mass is 9.74. The summed E-state index contributed by atoms with van der Waals surface area (Å²) in [6, 6.07) is 23.1. The standard InChI is InChI=1S/C27H25N5O2/c28-17-7-9-22-24(14-17)34-25-15-18(29)8-10-23(25)27(22)21-6-2-1-5-20(21)26(33)32(27)13-12-30-16-19-4-3-11-31-19/h1-11,14-15,30-31H,12-13,16,28-29H2. The third kappa shape index (κ3) is 2.90. The molecule has 3 heterocycles. The van der Waals surface area contributed by atoms with E-state index in [1.54, 1.807) is 0 Å². The van der Waals surface area contributed by atoms with E-state index in [9.17, 15) is 4.79 Å². The molecule has 3 aromatic carbocycles. The zero-order valence-electron chi connectivity index (χ0n) is 18.5.